The minimum Gasteiger partial charge on any atom is -0.465 e. The van der Waals surface area contributed by atoms with Crippen molar-refractivity contribution in [3.05, 3.63) is 66.2 Å². The van der Waals surface area contributed by atoms with Gasteiger partial charge in [0.1, 0.15) is 5.69 Å². The maximum Gasteiger partial charge on any atom is 0.339 e. The maximum atomic E-state index is 12.2. The van der Waals surface area contributed by atoms with Crippen molar-refractivity contribution in [2.75, 3.05) is 12.4 Å². The molecule has 0 aliphatic carbocycles. The summed E-state index contributed by atoms with van der Waals surface area (Å²) in [6.07, 6.45) is 4.26. The molecule has 0 radical (unpaired) electrons. The number of carbonyl (C=O) groups excluding carboxylic acids is 2. The number of anilines is 1. The third-order valence-electron chi connectivity index (χ3n) is 3.34. The van der Waals surface area contributed by atoms with Gasteiger partial charge in [-0.05, 0) is 22.9 Å². The van der Waals surface area contributed by atoms with Crippen LogP contribution >= 0.6 is 0 Å². The van der Waals surface area contributed by atoms with Crippen molar-refractivity contribution in [2.45, 2.75) is 0 Å². The predicted molar refractivity (Wildman–Crippen MR) is 85.3 cm³/mol. The molecule has 3 aromatic rings. The van der Waals surface area contributed by atoms with Crippen molar-refractivity contribution in [3.8, 4) is 0 Å². The van der Waals surface area contributed by atoms with Crippen molar-refractivity contribution >= 4 is 28.3 Å². The number of esters is 1. The molecule has 1 amide bonds. The molecule has 0 aliphatic heterocycles. The molecule has 114 valence electrons. The lowest BCUT2D eigenvalue weighted by Gasteiger charge is -2.11. The Morgan fingerprint density at radius 1 is 1.09 bits per heavy atom. The number of nitrogens with zero attached hydrogens (tertiary/aromatic N) is 2. The van der Waals surface area contributed by atoms with Crippen LogP contribution in [0.5, 0.6) is 0 Å². The third-order valence-corrected chi connectivity index (χ3v) is 3.34. The Morgan fingerprint density at radius 3 is 2.48 bits per heavy atom. The molecule has 2 aromatic carbocycles. The first-order valence-corrected chi connectivity index (χ1v) is 6.87. The Hall–Kier alpha value is -3.28. The summed E-state index contributed by atoms with van der Waals surface area (Å²) in [6.45, 7) is 0. The van der Waals surface area contributed by atoms with Gasteiger partial charge >= 0.3 is 5.97 Å². The van der Waals surface area contributed by atoms with E-state index in [0.717, 1.165) is 10.8 Å². The zero-order valence-corrected chi connectivity index (χ0v) is 12.3. The van der Waals surface area contributed by atoms with Crippen molar-refractivity contribution in [1.82, 2.24) is 9.97 Å². The Labute approximate surface area is 132 Å². The van der Waals surface area contributed by atoms with E-state index < -0.39 is 11.9 Å². The van der Waals surface area contributed by atoms with Gasteiger partial charge in [-0.2, -0.15) is 0 Å². The zero-order valence-electron chi connectivity index (χ0n) is 12.3. The zero-order chi connectivity index (χ0) is 16.2. The van der Waals surface area contributed by atoms with Gasteiger partial charge in [-0.25, -0.2) is 9.78 Å². The Morgan fingerprint density at radius 2 is 1.83 bits per heavy atom. The molecule has 0 saturated heterocycles. The van der Waals surface area contributed by atoms with E-state index in [-0.39, 0.29) is 11.3 Å². The molecular weight excluding hydrogens is 294 g/mol. The number of fused-ring (bicyclic) bond motifs is 1. The minimum absolute atomic E-state index is 0.163. The molecule has 0 spiro atoms. The lowest BCUT2D eigenvalue weighted by atomic mass is 10.0. The van der Waals surface area contributed by atoms with Gasteiger partial charge in [-0.15, -0.1) is 0 Å². The number of nitrogens with one attached hydrogen (secondary N) is 1. The van der Waals surface area contributed by atoms with Gasteiger partial charge in [-0.3, -0.25) is 9.78 Å². The molecule has 6 nitrogen and oxygen atoms in total. The molecule has 23 heavy (non-hydrogen) atoms. The lowest BCUT2D eigenvalue weighted by molar-refractivity contribution is 0.0602. The van der Waals surface area contributed by atoms with Gasteiger partial charge in [0.2, 0.25) is 0 Å². The highest BCUT2D eigenvalue weighted by Crippen LogP contribution is 2.25. The van der Waals surface area contributed by atoms with Crippen LogP contribution in [0, 0.1) is 0 Å². The summed E-state index contributed by atoms with van der Waals surface area (Å²) in [6, 6.07) is 11.0. The SMILES string of the molecule is COC(=O)c1cc2ccccc2cc1NC(=O)c1cnccn1. The first-order chi connectivity index (χ1) is 11.2. The van der Waals surface area contributed by atoms with Gasteiger partial charge in [0, 0.05) is 12.4 Å². The molecule has 6 heteroatoms. The minimum atomic E-state index is -0.523. The maximum absolute atomic E-state index is 12.2. The van der Waals surface area contributed by atoms with Crippen molar-refractivity contribution in [2.24, 2.45) is 0 Å². The van der Waals surface area contributed by atoms with Crippen LogP contribution in [-0.4, -0.2) is 29.0 Å². The van der Waals surface area contributed by atoms with Crippen LogP contribution in [0.4, 0.5) is 5.69 Å². The molecule has 0 unspecified atom stereocenters. The van der Waals surface area contributed by atoms with E-state index in [2.05, 4.69) is 15.3 Å². The predicted octanol–water partition coefficient (Wildman–Crippen LogP) is 2.67. The van der Waals surface area contributed by atoms with E-state index in [1.807, 2.05) is 24.3 Å². The fraction of sp³-hybridized carbons (Fsp3) is 0.0588. The molecule has 0 atom stereocenters. The summed E-state index contributed by atoms with van der Waals surface area (Å²) in [5, 5.41) is 4.47. The number of aromatic nitrogens is 2. The topological polar surface area (TPSA) is 81.2 Å². The van der Waals surface area contributed by atoms with Crippen molar-refractivity contribution < 1.29 is 14.3 Å². The van der Waals surface area contributed by atoms with Gasteiger partial charge in [0.25, 0.3) is 5.91 Å². The van der Waals surface area contributed by atoms with E-state index >= 15 is 0 Å². The Balaban J connectivity index is 2.04. The number of amides is 1. The highest BCUT2D eigenvalue weighted by Gasteiger charge is 2.16. The summed E-state index contributed by atoms with van der Waals surface area (Å²) < 4.78 is 4.79. The quantitative estimate of drug-likeness (QED) is 0.752. The summed E-state index contributed by atoms with van der Waals surface area (Å²) >= 11 is 0. The lowest BCUT2D eigenvalue weighted by Crippen LogP contribution is -2.16. The van der Waals surface area contributed by atoms with Gasteiger partial charge < -0.3 is 10.1 Å². The second-order valence-corrected chi connectivity index (χ2v) is 4.78. The molecule has 3 rings (SSSR count). The molecule has 1 aromatic heterocycles. The monoisotopic (exact) mass is 307 g/mol. The summed E-state index contributed by atoms with van der Waals surface area (Å²) in [5.41, 5.74) is 0.811. The highest BCUT2D eigenvalue weighted by atomic mass is 16.5. The first-order valence-electron chi connectivity index (χ1n) is 6.87. The molecule has 0 bridgehead atoms. The number of benzene rings is 2. The van der Waals surface area contributed by atoms with Crippen molar-refractivity contribution in [3.63, 3.8) is 0 Å². The highest BCUT2D eigenvalue weighted by molar-refractivity contribution is 6.09. The molecular formula is C17H13N3O3. The molecule has 1 heterocycles. The average Bonchev–Trinajstić information content (AvgIpc) is 2.61. The number of carbonyl (C=O) groups is 2. The largest absolute Gasteiger partial charge is 0.465 e. The number of rotatable bonds is 3. The van der Waals surface area contributed by atoms with Crippen LogP contribution in [0.1, 0.15) is 20.8 Å². The van der Waals surface area contributed by atoms with Crippen LogP contribution in [0.2, 0.25) is 0 Å². The fourth-order valence-corrected chi connectivity index (χ4v) is 2.23. The van der Waals surface area contributed by atoms with Gasteiger partial charge in [0.15, 0.2) is 0 Å². The van der Waals surface area contributed by atoms with E-state index in [1.165, 1.54) is 25.7 Å². The Kier molecular flexibility index (Phi) is 3.97. The first kappa shape index (κ1) is 14.6. The standard InChI is InChI=1S/C17H13N3O3/c1-23-17(22)13-8-11-4-2-3-5-12(11)9-14(13)20-16(21)15-10-18-6-7-19-15/h2-10H,1H3,(H,20,21). The average molecular weight is 307 g/mol. The van der Waals surface area contributed by atoms with Crippen molar-refractivity contribution in [1.29, 1.82) is 0 Å². The summed E-state index contributed by atoms with van der Waals surface area (Å²) in [5.74, 6) is -0.969. The summed E-state index contributed by atoms with van der Waals surface area (Å²) in [4.78, 5) is 32.0. The van der Waals surface area contributed by atoms with Gasteiger partial charge in [0.05, 0.1) is 24.6 Å². The third kappa shape index (κ3) is 3.01. The van der Waals surface area contributed by atoms with E-state index in [4.69, 9.17) is 4.74 Å². The van der Waals surface area contributed by atoms with Crippen LogP contribution < -0.4 is 5.32 Å². The van der Waals surface area contributed by atoms with Crippen LogP contribution in [-0.2, 0) is 4.74 Å². The second kappa shape index (κ2) is 6.23. The molecule has 0 fully saturated rings. The van der Waals surface area contributed by atoms with Crippen LogP contribution in [0.15, 0.2) is 55.0 Å². The molecule has 1 N–H and O–H groups in total. The molecule has 0 saturated carbocycles. The van der Waals surface area contributed by atoms with E-state index in [1.54, 1.807) is 12.1 Å². The fourth-order valence-electron chi connectivity index (χ4n) is 2.23. The number of hydrogen-bond donors (Lipinski definition) is 1. The smallest absolute Gasteiger partial charge is 0.339 e. The number of methoxy groups -OCH3 is 1. The number of ether oxygens (including phenoxy) is 1. The normalized spacial score (nSPS) is 10.3. The molecule has 0 aliphatic rings. The van der Waals surface area contributed by atoms with Gasteiger partial charge in [-0.1, -0.05) is 24.3 Å². The van der Waals surface area contributed by atoms with Crippen LogP contribution in [0.3, 0.4) is 0 Å². The van der Waals surface area contributed by atoms with Crippen LogP contribution in [0.25, 0.3) is 10.8 Å². The second-order valence-electron chi connectivity index (χ2n) is 4.78. The number of hydrogen-bond acceptors (Lipinski definition) is 5. The summed E-state index contributed by atoms with van der Waals surface area (Å²) in [7, 11) is 1.30. The Bertz CT molecular complexity index is 879. The van der Waals surface area contributed by atoms with E-state index in [9.17, 15) is 9.59 Å². The van der Waals surface area contributed by atoms with E-state index in [0.29, 0.717) is 5.69 Å².